The summed E-state index contributed by atoms with van der Waals surface area (Å²) in [7, 11) is 0. The van der Waals surface area contributed by atoms with Crippen LogP contribution < -0.4 is 5.32 Å². The van der Waals surface area contributed by atoms with Crippen molar-refractivity contribution in [1.82, 2.24) is 10.2 Å². The maximum atomic E-state index is 11.9. The first-order valence-electron chi connectivity index (χ1n) is 5.59. The standard InChI is InChI=1S/C12H22N2O2/c1-6-7-16-10(15)14-9-11(2,3)13-8-12(14,4)5/h6,13H,1,7-9H2,2-5H3. The van der Waals surface area contributed by atoms with Gasteiger partial charge in [-0.3, -0.25) is 4.90 Å². The van der Waals surface area contributed by atoms with Gasteiger partial charge in [-0.15, -0.1) is 0 Å². The van der Waals surface area contributed by atoms with Gasteiger partial charge in [-0.05, 0) is 27.7 Å². The Labute approximate surface area is 97.6 Å². The lowest BCUT2D eigenvalue weighted by Crippen LogP contribution is -2.67. The van der Waals surface area contributed by atoms with Gasteiger partial charge >= 0.3 is 6.09 Å². The smallest absolute Gasteiger partial charge is 0.410 e. The molecule has 1 heterocycles. The second-order valence-electron chi connectivity index (χ2n) is 5.50. The fourth-order valence-corrected chi connectivity index (χ4v) is 1.74. The van der Waals surface area contributed by atoms with E-state index >= 15 is 0 Å². The quantitative estimate of drug-likeness (QED) is 0.730. The van der Waals surface area contributed by atoms with E-state index in [9.17, 15) is 4.79 Å². The molecule has 0 aromatic heterocycles. The molecule has 1 rings (SSSR count). The van der Waals surface area contributed by atoms with Crippen LogP contribution in [0.2, 0.25) is 0 Å². The molecule has 0 unspecified atom stereocenters. The second kappa shape index (κ2) is 4.45. The number of nitrogens with zero attached hydrogens (tertiary/aromatic N) is 1. The average molecular weight is 226 g/mol. The monoisotopic (exact) mass is 226 g/mol. The molecule has 0 spiro atoms. The molecule has 1 fully saturated rings. The van der Waals surface area contributed by atoms with Crippen molar-refractivity contribution in [2.45, 2.75) is 38.8 Å². The predicted octanol–water partition coefficient (Wildman–Crippen LogP) is 1.77. The molecule has 0 bridgehead atoms. The molecule has 16 heavy (non-hydrogen) atoms. The van der Waals surface area contributed by atoms with Crippen molar-refractivity contribution < 1.29 is 9.53 Å². The summed E-state index contributed by atoms with van der Waals surface area (Å²) in [6, 6.07) is 0. The van der Waals surface area contributed by atoms with E-state index in [1.54, 1.807) is 11.0 Å². The Kier molecular flexibility index (Phi) is 3.63. The van der Waals surface area contributed by atoms with Gasteiger partial charge in [0.05, 0.1) is 5.54 Å². The van der Waals surface area contributed by atoms with E-state index in [4.69, 9.17) is 4.74 Å². The van der Waals surface area contributed by atoms with Crippen LogP contribution in [-0.2, 0) is 4.74 Å². The van der Waals surface area contributed by atoms with Gasteiger partial charge < -0.3 is 10.1 Å². The minimum Gasteiger partial charge on any atom is -0.445 e. The average Bonchev–Trinajstić information content (AvgIpc) is 2.19. The summed E-state index contributed by atoms with van der Waals surface area (Å²) < 4.78 is 5.10. The van der Waals surface area contributed by atoms with Crippen LogP contribution in [0.1, 0.15) is 27.7 Å². The summed E-state index contributed by atoms with van der Waals surface area (Å²) in [4.78, 5) is 13.7. The Morgan fingerprint density at radius 3 is 2.69 bits per heavy atom. The van der Waals surface area contributed by atoms with Gasteiger partial charge in [0.1, 0.15) is 6.61 Å². The van der Waals surface area contributed by atoms with E-state index < -0.39 is 0 Å². The molecule has 1 aliphatic rings. The highest BCUT2D eigenvalue weighted by atomic mass is 16.6. The SMILES string of the molecule is C=CCOC(=O)N1CC(C)(C)NCC1(C)C. The van der Waals surface area contributed by atoms with Crippen molar-refractivity contribution in [3.8, 4) is 0 Å². The minimum atomic E-state index is -0.264. The topological polar surface area (TPSA) is 41.6 Å². The first-order valence-corrected chi connectivity index (χ1v) is 5.59. The third kappa shape index (κ3) is 2.98. The van der Waals surface area contributed by atoms with Gasteiger partial charge in [0.2, 0.25) is 0 Å². The molecule has 0 atom stereocenters. The van der Waals surface area contributed by atoms with Crippen molar-refractivity contribution in [1.29, 1.82) is 0 Å². The highest BCUT2D eigenvalue weighted by Crippen LogP contribution is 2.24. The van der Waals surface area contributed by atoms with Crippen molar-refractivity contribution >= 4 is 6.09 Å². The molecule has 4 heteroatoms. The Bertz CT molecular complexity index is 285. The van der Waals surface area contributed by atoms with E-state index in [0.717, 1.165) is 6.54 Å². The third-order valence-corrected chi connectivity index (χ3v) is 2.83. The number of rotatable bonds is 2. The molecule has 0 saturated carbocycles. The van der Waals surface area contributed by atoms with Crippen molar-refractivity contribution in [2.75, 3.05) is 19.7 Å². The molecular weight excluding hydrogens is 204 g/mol. The Balaban J connectivity index is 2.73. The molecule has 1 aliphatic heterocycles. The summed E-state index contributed by atoms with van der Waals surface area (Å²) in [6.07, 6.45) is 1.32. The van der Waals surface area contributed by atoms with Gasteiger partial charge in [0, 0.05) is 18.6 Å². The summed E-state index contributed by atoms with van der Waals surface area (Å²) in [5, 5.41) is 3.42. The number of ether oxygens (including phenoxy) is 1. The highest BCUT2D eigenvalue weighted by Gasteiger charge is 2.40. The van der Waals surface area contributed by atoms with E-state index in [-0.39, 0.29) is 23.8 Å². The lowest BCUT2D eigenvalue weighted by atomic mass is 9.92. The molecule has 1 amide bonds. The summed E-state index contributed by atoms with van der Waals surface area (Å²) in [5.41, 5.74) is -0.281. The zero-order valence-electron chi connectivity index (χ0n) is 10.7. The van der Waals surface area contributed by atoms with E-state index in [0.29, 0.717) is 6.54 Å². The fourth-order valence-electron chi connectivity index (χ4n) is 1.74. The Hall–Kier alpha value is -1.03. The van der Waals surface area contributed by atoms with Crippen LogP contribution in [0.25, 0.3) is 0 Å². The molecule has 0 aromatic rings. The zero-order valence-corrected chi connectivity index (χ0v) is 10.7. The van der Waals surface area contributed by atoms with Crippen molar-refractivity contribution in [3.63, 3.8) is 0 Å². The lowest BCUT2D eigenvalue weighted by Gasteiger charge is -2.48. The Morgan fingerprint density at radius 2 is 2.12 bits per heavy atom. The van der Waals surface area contributed by atoms with E-state index in [1.165, 1.54) is 0 Å². The number of hydrogen-bond acceptors (Lipinski definition) is 3. The van der Waals surface area contributed by atoms with Crippen LogP contribution in [0.5, 0.6) is 0 Å². The zero-order chi connectivity index (χ0) is 12.4. The van der Waals surface area contributed by atoms with Gasteiger partial charge in [0.25, 0.3) is 0 Å². The van der Waals surface area contributed by atoms with Crippen molar-refractivity contribution in [2.24, 2.45) is 0 Å². The first-order chi connectivity index (χ1) is 7.28. The number of piperazine rings is 1. The van der Waals surface area contributed by atoms with Crippen LogP contribution in [-0.4, -0.2) is 41.8 Å². The number of hydrogen-bond donors (Lipinski definition) is 1. The second-order valence-corrected chi connectivity index (χ2v) is 5.50. The Morgan fingerprint density at radius 1 is 1.50 bits per heavy atom. The third-order valence-electron chi connectivity index (χ3n) is 2.83. The molecular formula is C12H22N2O2. The van der Waals surface area contributed by atoms with Gasteiger partial charge in [-0.25, -0.2) is 4.79 Å². The van der Waals surface area contributed by atoms with Crippen LogP contribution >= 0.6 is 0 Å². The van der Waals surface area contributed by atoms with Crippen LogP contribution in [0.3, 0.4) is 0 Å². The molecule has 0 radical (unpaired) electrons. The van der Waals surface area contributed by atoms with Crippen LogP contribution in [0, 0.1) is 0 Å². The molecule has 0 aliphatic carbocycles. The van der Waals surface area contributed by atoms with E-state index in [1.807, 2.05) is 13.8 Å². The normalized spacial score (nSPS) is 22.6. The number of carbonyl (C=O) groups is 1. The van der Waals surface area contributed by atoms with Crippen molar-refractivity contribution in [3.05, 3.63) is 12.7 Å². The van der Waals surface area contributed by atoms with Crippen LogP contribution in [0.4, 0.5) is 4.79 Å². The molecule has 1 N–H and O–H groups in total. The van der Waals surface area contributed by atoms with E-state index in [2.05, 4.69) is 25.7 Å². The first kappa shape index (κ1) is 13.0. The maximum Gasteiger partial charge on any atom is 0.410 e. The lowest BCUT2D eigenvalue weighted by molar-refractivity contribution is 0.0271. The summed E-state index contributed by atoms with van der Waals surface area (Å²) in [6.45, 7) is 13.4. The number of amides is 1. The van der Waals surface area contributed by atoms with Gasteiger partial charge in [-0.2, -0.15) is 0 Å². The maximum absolute atomic E-state index is 11.9. The highest BCUT2D eigenvalue weighted by molar-refractivity contribution is 5.69. The molecule has 1 saturated heterocycles. The van der Waals surface area contributed by atoms with Crippen LogP contribution in [0.15, 0.2) is 12.7 Å². The van der Waals surface area contributed by atoms with Gasteiger partial charge in [0.15, 0.2) is 0 Å². The molecule has 92 valence electrons. The predicted molar refractivity (Wildman–Crippen MR) is 64.4 cm³/mol. The van der Waals surface area contributed by atoms with Gasteiger partial charge in [-0.1, -0.05) is 12.7 Å². The minimum absolute atomic E-state index is 0.0667. The molecule has 4 nitrogen and oxygen atoms in total. The summed E-state index contributed by atoms with van der Waals surface area (Å²) >= 11 is 0. The molecule has 0 aromatic carbocycles. The largest absolute Gasteiger partial charge is 0.445 e. The summed E-state index contributed by atoms with van der Waals surface area (Å²) in [5.74, 6) is 0. The number of nitrogens with one attached hydrogen (secondary N) is 1. The fraction of sp³-hybridized carbons (Fsp3) is 0.750. The number of carbonyl (C=O) groups excluding carboxylic acids is 1.